The van der Waals surface area contributed by atoms with E-state index in [9.17, 15) is 0 Å². The molecule has 116 valence electrons. The Kier molecular flexibility index (Phi) is 6.81. The fraction of sp³-hybridized carbons (Fsp3) is 0.579. The zero-order valence-electron chi connectivity index (χ0n) is 13.5. The summed E-state index contributed by atoms with van der Waals surface area (Å²) >= 11 is 0. The second-order valence-corrected chi connectivity index (χ2v) is 6.02. The molecule has 1 aliphatic carbocycles. The van der Waals surface area contributed by atoms with Gasteiger partial charge in [0.05, 0.1) is 6.10 Å². The van der Waals surface area contributed by atoms with Crippen LogP contribution < -0.4 is 10.1 Å². The summed E-state index contributed by atoms with van der Waals surface area (Å²) in [5, 5.41) is 3.54. The van der Waals surface area contributed by atoms with Gasteiger partial charge in [-0.15, -0.1) is 0 Å². The van der Waals surface area contributed by atoms with E-state index >= 15 is 0 Å². The molecule has 0 heterocycles. The molecule has 0 aromatic heterocycles. The third-order valence-electron chi connectivity index (χ3n) is 4.17. The Morgan fingerprint density at radius 3 is 2.67 bits per heavy atom. The van der Waals surface area contributed by atoms with E-state index < -0.39 is 0 Å². The molecule has 0 spiro atoms. The van der Waals surface area contributed by atoms with Crippen LogP contribution in [-0.2, 0) is 6.54 Å². The SMILES string of the molecule is CCC(C)Oc1ccc(CNCCC2=CCCCC2)cc1. The Bertz CT molecular complexity index is 435. The quantitative estimate of drug-likeness (QED) is 0.545. The second kappa shape index (κ2) is 8.89. The first kappa shape index (κ1) is 16.1. The van der Waals surface area contributed by atoms with Gasteiger partial charge in [-0.3, -0.25) is 0 Å². The van der Waals surface area contributed by atoms with Crippen molar-refractivity contribution in [1.29, 1.82) is 0 Å². The average molecular weight is 287 g/mol. The van der Waals surface area contributed by atoms with Crippen LogP contribution in [0.4, 0.5) is 0 Å². The first-order chi connectivity index (χ1) is 10.3. The molecule has 1 N–H and O–H groups in total. The molecular weight excluding hydrogens is 258 g/mol. The van der Waals surface area contributed by atoms with Crippen LogP contribution in [0, 0.1) is 0 Å². The second-order valence-electron chi connectivity index (χ2n) is 6.02. The third-order valence-corrected chi connectivity index (χ3v) is 4.17. The predicted molar refractivity (Wildman–Crippen MR) is 89.7 cm³/mol. The molecule has 21 heavy (non-hydrogen) atoms. The van der Waals surface area contributed by atoms with Crippen molar-refractivity contribution in [3.8, 4) is 5.75 Å². The number of allylic oxidation sites excluding steroid dienone is 1. The monoisotopic (exact) mass is 287 g/mol. The summed E-state index contributed by atoms with van der Waals surface area (Å²) < 4.78 is 5.80. The van der Waals surface area contributed by atoms with Crippen molar-refractivity contribution in [1.82, 2.24) is 5.32 Å². The smallest absolute Gasteiger partial charge is 0.119 e. The van der Waals surface area contributed by atoms with Crippen LogP contribution in [0.3, 0.4) is 0 Å². The van der Waals surface area contributed by atoms with Gasteiger partial charge in [0.2, 0.25) is 0 Å². The van der Waals surface area contributed by atoms with Gasteiger partial charge in [-0.2, -0.15) is 0 Å². The Morgan fingerprint density at radius 1 is 1.19 bits per heavy atom. The molecule has 2 heteroatoms. The van der Waals surface area contributed by atoms with E-state index in [1.54, 1.807) is 5.57 Å². The van der Waals surface area contributed by atoms with Crippen molar-refractivity contribution in [2.75, 3.05) is 6.54 Å². The summed E-state index contributed by atoms with van der Waals surface area (Å²) in [5.74, 6) is 0.973. The number of rotatable bonds is 8. The van der Waals surface area contributed by atoms with Crippen LogP contribution in [0.5, 0.6) is 5.75 Å². The highest BCUT2D eigenvalue weighted by atomic mass is 16.5. The summed E-state index contributed by atoms with van der Waals surface area (Å²) in [6.07, 6.45) is 10.3. The molecule has 1 aliphatic rings. The van der Waals surface area contributed by atoms with Gasteiger partial charge in [0.1, 0.15) is 5.75 Å². The maximum absolute atomic E-state index is 5.80. The van der Waals surface area contributed by atoms with Crippen LogP contribution in [0.15, 0.2) is 35.9 Å². The van der Waals surface area contributed by atoms with Crippen molar-refractivity contribution >= 4 is 0 Å². The zero-order valence-corrected chi connectivity index (χ0v) is 13.5. The van der Waals surface area contributed by atoms with Crippen LogP contribution in [-0.4, -0.2) is 12.6 Å². The number of benzene rings is 1. The van der Waals surface area contributed by atoms with E-state index in [1.165, 1.54) is 37.7 Å². The number of hydrogen-bond donors (Lipinski definition) is 1. The van der Waals surface area contributed by atoms with Crippen LogP contribution in [0.2, 0.25) is 0 Å². The Hall–Kier alpha value is -1.28. The number of hydrogen-bond acceptors (Lipinski definition) is 2. The molecule has 0 fully saturated rings. The van der Waals surface area contributed by atoms with Crippen LogP contribution in [0.25, 0.3) is 0 Å². The molecule has 1 atom stereocenters. The maximum Gasteiger partial charge on any atom is 0.119 e. The molecule has 1 aromatic carbocycles. The normalized spacial score (nSPS) is 16.4. The lowest BCUT2D eigenvalue weighted by atomic mass is 9.97. The predicted octanol–water partition coefficient (Wildman–Crippen LogP) is 4.84. The molecule has 0 saturated heterocycles. The topological polar surface area (TPSA) is 21.3 Å². The van der Waals surface area contributed by atoms with E-state index in [0.717, 1.165) is 25.3 Å². The largest absolute Gasteiger partial charge is 0.491 e. The third kappa shape index (κ3) is 5.92. The van der Waals surface area contributed by atoms with Gasteiger partial charge in [0.15, 0.2) is 0 Å². The lowest BCUT2D eigenvalue weighted by Crippen LogP contribution is -2.15. The minimum absolute atomic E-state index is 0.290. The van der Waals surface area contributed by atoms with Gasteiger partial charge < -0.3 is 10.1 Å². The van der Waals surface area contributed by atoms with E-state index in [-0.39, 0.29) is 6.10 Å². The highest BCUT2D eigenvalue weighted by Crippen LogP contribution is 2.19. The fourth-order valence-corrected chi connectivity index (χ4v) is 2.61. The van der Waals surface area contributed by atoms with Gasteiger partial charge >= 0.3 is 0 Å². The van der Waals surface area contributed by atoms with Crippen molar-refractivity contribution < 1.29 is 4.74 Å². The molecule has 0 bridgehead atoms. The zero-order chi connectivity index (χ0) is 14.9. The first-order valence-electron chi connectivity index (χ1n) is 8.42. The van der Waals surface area contributed by atoms with Crippen LogP contribution in [0.1, 0.15) is 57.9 Å². The van der Waals surface area contributed by atoms with Gasteiger partial charge in [0.25, 0.3) is 0 Å². The minimum atomic E-state index is 0.290. The molecule has 0 amide bonds. The summed E-state index contributed by atoms with van der Waals surface area (Å²) in [6.45, 7) is 6.27. The van der Waals surface area contributed by atoms with Crippen molar-refractivity contribution in [3.63, 3.8) is 0 Å². The van der Waals surface area contributed by atoms with E-state index in [2.05, 4.69) is 49.5 Å². The lowest BCUT2D eigenvalue weighted by Gasteiger charge is -2.14. The van der Waals surface area contributed by atoms with E-state index in [1.807, 2.05) is 0 Å². The van der Waals surface area contributed by atoms with Gasteiger partial charge in [0, 0.05) is 6.54 Å². The Labute approximate surface area is 129 Å². The molecule has 2 nitrogen and oxygen atoms in total. The summed E-state index contributed by atoms with van der Waals surface area (Å²) in [4.78, 5) is 0. The Balaban J connectivity index is 1.67. The van der Waals surface area contributed by atoms with Gasteiger partial charge in [-0.1, -0.05) is 30.7 Å². The fourth-order valence-electron chi connectivity index (χ4n) is 2.61. The Morgan fingerprint density at radius 2 is 2.00 bits per heavy atom. The molecule has 0 saturated carbocycles. The highest BCUT2D eigenvalue weighted by Gasteiger charge is 2.03. The molecule has 0 radical (unpaired) electrons. The lowest BCUT2D eigenvalue weighted by molar-refractivity contribution is 0.217. The van der Waals surface area contributed by atoms with E-state index in [4.69, 9.17) is 4.74 Å². The average Bonchev–Trinajstić information content (AvgIpc) is 2.54. The van der Waals surface area contributed by atoms with Crippen molar-refractivity contribution in [3.05, 3.63) is 41.5 Å². The highest BCUT2D eigenvalue weighted by molar-refractivity contribution is 5.27. The van der Waals surface area contributed by atoms with Crippen molar-refractivity contribution in [2.45, 2.75) is 65.0 Å². The van der Waals surface area contributed by atoms with Gasteiger partial charge in [-0.05, 0) is 69.7 Å². The summed E-state index contributed by atoms with van der Waals surface area (Å²) in [7, 11) is 0. The molecule has 1 aromatic rings. The number of nitrogens with one attached hydrogen (secondary N) is 1. The van der Waals surface area contributed by atoms with Crippen molar-refractivity contribution in [2.24, 2.45) is 0 Å². The standard InChI is InChI=1S/C19H29NO/c1-3-16(2)21-19-11-9-18(10-12-19)15-20-14-13-17-7-5-4-6-8-17/h7,9-12,16,20H,3-6,8,13-15H2,1-2H3. The molecule has 0 aliphatic heterocycles. The maximum atomic E-state index is 5.80. The summed E-state index contributed by atoms with van der Waals surface area (Å²) in [6, 6.07) is 8.47. The first-order valence-corrected chi connectivity index (χ1v) is 8.42. The van der Waals surface area contributed by atoms with Crippen LogP contribution >= 0.6 is 0 Å². The number of ether oxygens (including phenoxy) is 1. The van der Waals surface area contributed by atoms with Gasteiger partial charge in [-0.25, -0.2) is 0 Å². The molecule has 1 unspecified atom stereocenters. The molecular formula is C19H29NO. The molecule has 2 rings (SSSR count). The summed E-state index contributed by atoms with van der Waals surface area (Å²) in [5.41, 5.74) is 2.97. The minimum Gasteiger partial charge on any atom is -0.491 e. The van der Waals surface area contributed by atoms with E-state index in [0.29, 0.717) is 0 Å².